The van der Waals surface area contributed by atoms with Crippen LogP contribution in [0.5, 0.6) is 11.5 Å². The van der Waals surface area contributed by atoms with E-state index in [9.17, 15) is 14.7 Å². The smallest absolute Gasteiger partial charge is 0.295 e. The van der Waals surface area contributed by atoms with Crippen molar-refractivity contribution in [3.63, 3.8) is 0 Å². The minimum Gasteiger partial charge on any atom is -0.507 e. The largest absolute Gasteiger partial charge is 0.507 e. The number of thiophene rings is 1. The van der Waals surface area contributed by atoms with Crippen LogP contribution in [-0.2, 0) is 16.1 Å². The number of halogens is 1. The third-order valence-electron chi connectivity index (χ3n) is 5.31. The summed E-state index contributed by atoms with van der Waals surface area (Å²) in [6, 6.07) is 15.0. The van der Waals surface area contributed by atoms with Crippen molar-refractivity contribution < 1.29 is 24.2 Å². The number of benzene rings is 2. The number of carbonyl (C=O) groups is 2. The summed E-state index contributed by atoms with van der Waals surface area (Å²) in [5, 5.41) is 13.4. The van der Waals surface area contributed by atoms with E-state index in [1.165, 1.54) is 29.4 Å². The molecule has 1 saturated heterocycles. The molecule has 1 N–H and O–H groups in total. The summed E-state index contributed by atoms with van der Waals surface area (Å²) in [4.78, 5) is 28.4. The summed E-state index contributed by atoms with van der Waals surface area (Å²) in [6.07, 6.45) is 0. The fraction of sp³-hybridized carbons (Fsp3) is 0.167. The SMILES string of the molecule is COc1cc(/C(O)=C2/C(=O)C(=O)N(Cc3ccccc3OC)C2c2cccs2)ccc1Cl. The number of rotatable bonds is 6. The zero-order valence-corrected chi connectivity index (χ0v) is 18.9. The molecule has 0 radical (unpaired) electrons. The van der Waals surface area contributed by atoms with E-state index < -0.39 is 17.7 Å². The predicted molar refractivity (Wildman–Crippen MR) is 123 cm³/mol. The van der Waals surface area contributed by atoms with E-state index in [-0.39, 0.29) is 17.9 Å². The number of carbonyl (C=O) groups excluding carboxylic acids is 2. The number of hydrogen-bond acceptors (Lipinski definition) is 6. The molecule has 0 spiro atoms. The van der Waals surface area contributed by atoms with Gasteiger partial charge in [0.2, 0.25) is 0 Å². The molecule has 1 fully saturated rings. The van der Waals surface area contributed by atoms with E-state index in [0.717, 1.165) is 10.4 Å². The van der Waals surface area contributed by atoms with Crippen molar-refractivity contribution in [3.05, 3.63) is 86.6 Å². The Labute approximate surface area is 194 Å². The molecule has 0 aliphatic carbocycles. The molecule has 2 heterocycles. The van der Waals surface area contributed by atoms with Gasteiger partial charge in [-0.3, -0.25) is 9.59 Å². The molecule has 164 valence electrons. The molecule has 0 bridgehead atoms. The van der Waals surface area contributed by atoms with E-state index in [1.54, 1.807) is 25.3 Å². The van der Waals surface area contributed by atoms with Crippen molar-refractivity contribution >= 4 is 40.4 Å². The van der Waals surface area contributed by atoms with Crippen molar-refractivity contribution in [2.45, 2.75) is 12.6 Å². The zero-order valence-electron chi connectivity index (χ0n) is 17.4. The van der Waals surface area contributed by atoms with E-state index in [4.69, 9.17) is 21.1 Å². The normalized spacial score (nSPS) is 17.6. The van der Waals surface area contributed by atoms with Crippen LogP contribution in [0.15, 0.2) is 65.6 Å². The van der Waals surface area contributed by atoms with Gasteiger partial charge in [0, 0.05) is 16.0 Å². The number of aliphatic hydroxyl groups excluding tert-OH is 1. The zero-order chi connectivity index (χ0) is 22.8. The molecule has 2 aromatic carbocycles. The summed E-state index contributed by atoms with van der Waals surface area (Å²) in [7, 11) is 3.01. The third kappa shape index (κ3) is 3.85. The maximum atomic E-state index is 13.1. The fourth-order valence-corrected chi connectivity index (χ4v) is 4.81. The van der Waals surface area contributed by atoms with Crippen molar-refractivity contribution in [2.24, 2.45) is 0 Å². The molecule has 1 unspecified atom stereocenters. The maximum Gasteiger partial charge on any atom is 0.295 e. The Kier molecular flexibility index (Phi) is 6.21. The molecular formula is C24H20ClNO5S. The average Bonchev–Trinajstić information content (AvgIpc) is 3.42. The van der Waals surface area contributed by atoms with Crippen LogP contribution in [0.1, 0.15) is 22.0 Å². The highest BCUT2D eigenvalue weighted by Crippen LogP contribution is 2.43. The monoisotopic (exact) mass is 469 g/mol. The fourth-order valence-electron chi connectivity index (χ4n) is 3.77. The van der Waals surface area contributed by atoms with Gasteiger partial charge in [-0.1, -0.05) is 35.9 Å². The highest BCUT2D eigenvalue weighted by Gasteiger charge is 2.46. The Morgan fingerprint density at radius 3 is 2.50 bits per heavy atom. The first-order valence-electron chi connectivity index (χ1n) is 9.74. The Balaban J connectivity index is 1.84. The van der Waals surface area contributed by atoms with Crippen LogP contribution in [0.3, 0.4) is 0 Å². The predicted octanol–water partition coefficient (Wildman–Crippen LogP) is 5.04. The molecule has 3 aromatic rings. The number of likely N-dealkylation sites (tertiary alicyclic amines) is 1. The van der Waals surface area contributed by atoms with Gasteiger partial charge in [-0.25, -0.2) is 0 Å². The first-order chi connectivity index (χ1) is 15.5. The molecule has 8 heteroatoms. The number of ketones is 1. The van der Waals surface area contributed by atoms with Crippen molar-refractivity contribution in [2.75, 3.05) is 14.2 Å². The Morgan fingerprint density at radius 1 is 1.06 bits per heavy atom. The van der Waals surface area contributed by atoms with Crippen LogP contribution in [0.25, 0.3) is 5.76 Å². The number of aliphatic hydroxyl groups is 1. The van der Waals surface area contributed by atoms with Crippen LogP contribution < -0.4 is 9.47 Å². The van der Waals surface area contributed by atoms with Gasteiger partial charge in [0.25, 0.3) is 11.7 Å². The Morgan fingerprint density at radius 2 is 1.81 bits per heavy atom. The number of nitrogens with zero attached hydrogens (tertiary/aromatic N) is 1. The molecule has 1 aliphatic heterocycles. The molecule has 1 aromatic heterocycles. The first kappa shape index (κ1) is 21.9. The summed E-state index contributed by atoms with van der Waals surface area (Å²) >= 11 is 7.51. The standard InChI is InChI=1S/C24H20ClNO5S/c1-30-17-7-4-3-6-15(17)13-26-21(19-8-5-11-32-19)20(23(28)24(26)29)22(27)14-9-10-16(25)18(12-14)31-2/h3-12,21,27H,13H2,1-2H3/b22-20-. The van der Waals surface area contributed by atoms with Gasteiger partial charge < -0.3 is 19.5 Å². The highest BCUT2D eigenvalue weighted by molar-refractivity contribution is 7.10. The number of methoxy groups -OCH3 is 2. The lowest BCUT2D eigenvalue weighted by Gasteiger charge is -2.25. The second-order valence-corrected chi connectivity index (χ2v) is 8.49. The van der Waals surface area contributed by atoms with Gasteiger partial charge in [0.05, 0.1) is 37.4 Å². The summed E-state index contributed by atoms with van der Waals surface area (Å²) in [5.74, 6) is -0.742. The lowest BCUT2D eigenvalue weighted by atomic mass is 9.99. The number of Topliss-reactive ketones (excluding diaryl/α,β-unsaturated/α-hetero) is 1. The van der Waals surface area contributed by atoms with Gasteiger partial charge >= 0.3 is 0 Å². The lowest BCUT2D eigenvalue weighted by Crippen LogP contribution is -2.29. The molecule has 1 aliphatic rings. The van der Waals surface area contributed by atoms with Crippen LogP contribution in [0.2, 0.25) is 5.02 Å². The van der Waals surface area contributed by atoms with Gasteiger partial charge in [0.15, 0.2) is 0 Å². The quantitative estimate of drug-likeness (QED) is 0.311. The van der Waals surface area contributed by atoms with E-state index in [1.807, 2.05) is 35.7 Å². The Hall–Kier alpha value is -3.29. The first-order valence-corrected chi connectivity index (χ1v) is 11.0. The highest BCUT2D eigenvalue weighted by atomic mass is 35.5. The van der Waals surface area contributed by atoms with Crippen LogP contribution in [-0.4, -0.2) is 35.9 Å². The second-order valence-electron chi connectivity index (χ2n) is 7.10. The third-order valence-corrected chi connectivity index (χ3v) is 6.55. The molecule has 1 atom stereocenters. The van der Waals surface area contributed by atoms with Crippen molar-refractivity contribution in [1.82, 2.24) is 4.90 Å². The summed E-state index contributed by atoms with van der Waals surface area (Å²) in [6.45, 7) is 0.151. The maximum absolute atomic E-state index is 13.1. The molecule has 32 heavy (non-hydrogen) atoms. The Bertz CT molecular complexity index is 1200. The topological polar surface area (TPSA) is 76.1 Å². The number of hydrogen-bond donors (Lipinski definition) is 1. The van der Waals surface area contributed by atoms with Crippen molar-refractivity contribution in [1.29, 1.82) is 0 Å². The summed E-state index contributed by atoms with van der Waals surface area (Å²) in [5.41, 5.74) is 1.12. The lowest BCUT2D eigenvalue weighted by molar-refractivity contribution is -0.140. The second kappa shape index (κ2) is 9.06. The van der Waals surface area contributed by atoms with Gasteiger partial charge in [0.1, 0.15) is 17.3 Å². The van der Waals surface area contributed by atoms with Gasteiger partial charge in [-0.05, 0) is 35.7 Å². The van der Waals surface area contributed by atoms with Crippen molar-refractivity contribution in [3.8, 4) is 11.5 Å². The van der Waals surface area contributed by atoms with Gasteiger partial charge in [-0.15, -0.1) is 11.3 Å². The van der Waals surface area contributed by atoms with E-state index >= 15 is 0 Å². The number of para-hydroxylation sites is 1. The van der Waals surface area contributed by atoms with E-state index in [2.05, 4.69) is 0 Å². The van der Waals surface area contributed by atoms with Crippen LogP contribution in [0.4, 0.5) is 0 Å². The number of ether oxygens (including phenoxy) is 2. The summed E-state index contributed by atoms with van der Waals surface area (Å²) < 4.78 is 10.6. The average molecular weight is 470 g/mol. The van der Waals surface area contributed by atoms with Gasteiger partial charge in [-0.2, -0.15) is 0 Å². The molecule has 0 saturated carbocycles. The van der Waals surface area contributed by atoms with E-state index in [0.29, 0.717) is 22.1 Å². The minimum absolute atomic E-state index is 0.0247. The van der Waals surface area contributed by atoms with Crippen LogP contribution in [0, 0.1) is 0 Å². The minimum atomic E-state index is -0.746. The molecule has 1 amide bonds. The molecule has 4 rings (SSSR count). The van der Waals surface area contributed by atoms with Crippen LogP contribution >= 0.6 is 22.9 Å². The molecule has 6 nitrogen and oxygen atoms in total. The molecular weight excluding hydrogens is 450 g/mol. The number of amides is 1.